The van der Waals surface area contributed by atoms with E-state index in [1.165, 1.54) is 17.0 Å². The van der Waals surface area contributed by atoms with Gasteiger partial charge in [0.2, 0.25) is 11.9 Å². The molecule has 1 aliphatic carbocycles. The summed E-state index contributed by atoms with van der Waals surface area (Å²) in [7, 11) is 2.35. The third-order valence-electron chi connectivity index (χ3n) is 14.4. The summed E-state index contributed by atoms with van der Waals surface area (Å²) in [6, 6.07) is 11.9. The molecule has 0 radical (unpaired) electrons. The second-order valence-corrected chi connectivity index (χ2v) is 23.9. The molecule has 3 aliphatic heterocycles. The van der Waals surface area contributed by atoms with Gasteiger partial charge in [-0.15, -0.1) is 0 Å². The molecule has 0 bridgehead atoms. The number of methoxy groups -OCH3 is 1. The molecular formula is C51H56BrF2N14O4P. The third-order valence-corrected chi connectivity index (χ3v) is 16.6. The molecule has 7 aromatic rings. The Morgan fingerprint density at radius 3 is 2.30 bits per heavy atom. The molecule has 0 unspecified atom stereocenters. The minimum Gasteiger partial charge on any atom is -0.494 e. The third kappa shape index (κ3) is 9.69. The van der Waals surface area contributed by atoms with Gasteiger partial charge in [0.05, 0.1) is 51.6 Å². The lowest BCUT2D eigenvalue weighted by Crippen LogP contribution is -2.49. The molecule has 3 amide bonds. The van der Waals surface area contributed by atoms with Crippen molar-refractivity contribution in [2.75, 3.05) is 98.1 Å². The Bertz CT molecular complexity index is 3380. The number of urea groups is 1. The number of carbonyl (C=O) groups is 2. The minimum atomic E-state index is -2.96. The summed E-state index contributed by atoms with van der Waals surface area (Å²) < 4.78 is 55.2. The normalized spacial score (nSPS) is 17.2. The molecule has 4 aliphatic rings. The number of nitrogens with zero attached hydrogens (tertiary/aromatic N) is 11. The lowest BCUT2D eigenvalue weighted by Gasteiger charge is -2.40. The Hall–Kier alpha value is -6.70. The zero-order valence-corrected chi connectivity index (χ0v) is 43.7. The molecular weight excluding hydrogens is 1020 g/mol. The number of pyridine rings is 1. The van der Waals surface area contributed by atoms with E-state index in [0.29, 0.717) is 90.7 Å². The Morgan fingerprint density at radius 1 is 0.849 bits per heavy atom. The van der Waals surface area contributed by atoms with Crippen LogP contribution < -0.4 is 40.7 Å². The van der Waals surface area contributed by atoms with E-state index in [-0.39, 0.29) is 42.4 Å². The second kappa shape index (κ2) is 19.3. The van der Waals surface area contributed by atoms with Crippen molar-refractivity contribution in [3.63, 3.8) is 0 Å². The molecule has 22 heteroatoms. The van der Waals surface area contributed by atoms with Crippen LogP contribution in [0, 0.1) is 17.6 Å². The number of piperidine rings is 1. The summed E-state index contributed by atoms with van der Waals surface area (Å²) in [4.78, 5) is 46.8. The Kier molecular flexibility index (Phi) is 12.8. The minimum absolute atomic E-state index is 0.133. The molecule has 3 saturated heterocycles. The van der Waals surface area contributed by atoms with Gasteiger partial charge < -0.3 is 29.7 Å². The number of aryl methyl sites for hydroxylation is 2. The van der Waals surface area contributed by atoms with E-state index in [0.717, 1.165) is 75.2 Å². The van der Waals surface area contributed by atoms with E-state index < -0.39 is 13.2 Å². The van der Waals surface area contributed by atoms with E-state index in [1.807, 2.05) is 43.7 Å². The molecule has 3 N–H and O–H groups in total. The van der Waals surface area contributed by atoms with Crippen LogP contribution >= 0.6 is 23.1 Å². The van der Waals surface area contributed by atoms with Crippen LogP contribution in [-0.2, 0) is 23.5 Å². The van der Waals surface area contributed by atoms with Gasteiger partial charge in [0.25, 0.3) is 0 Å². The number of anilines is 7. The summed E-state index contributed by atoms with van der Waals surface area (Å²) in [5.74, 6) is 1.17. The fraction of sp³-hybridized carbons (Fsp3) is 0.392. The standard InChI is InChI=1S/C51H56BrF2N14O4P/c1-63-28-31(25-56-63)32-22-40(59-50-55-26-35(52)48(61-50)58-39-9-8-38-33(47(39)73(4,5)71)20-37(54)46(57-38)30-6-7-30)44(72-3)24-42(32)66-13-10-29(11-14-66)27-65-16-18-67(19-17-65)43-23-41-34(21-36(43)53)49(62-64(41)2)68-15-12-45(69)60-51(68)70/h8-9,20-26,28-30H,6-7,10-19,27H2,1-5H3,(H,60,69,70)(H2,55,58,59,61). The lowest BCUT2D eigenvalue weighted by molar-refractivity contribution is -0.120. The highest BCUT2D eigenvalue weighted by Crippen LogP contribution is 2.46. The maximum atomic E-state index is 15.9. The number of carbonyl (C=O) groups excluding carboxylic acids is 2. The summed E-state index contributed by atoms with van der Waals surface area (Å²) in [6.45, 7) is 9.12. The van der Waals surface area contributed by atoms with Crippen molar-refractivity contribution in [1.82, 2.24) is 44.7 Å². The second-order valence-electron chi connectivity index (χ2n) is 19.9. The van der Waals surface area contributed by atoms with E-state index in [2.05, 4.69) is 72.8 Å². The predicted molar refractivity (Wildman–Crippen MR) is 284 cm³/mol. The van der Waals surface area contributed by atoms with Crippen molar-refractivity contribution >= 4 is 102 Å². The molecule has 3 aromatic carbocycles. The van der Waals surface area contributed by atoms with Gasteiger partial charge in [0, 0.05) is 130 Å². The number of rotatable bonds is 13. The molecule has 380 valence electrons. The molecule has 0 atom stereocenters. The van der Waals surface area contributed by atoms with Crippen molar-refractivity contribution < 1.29 is 27.7 Å². The quantitative estimate of drug-likeness (QED) is 0.0935. The molecule has 4 fully saturated rings. The van der Waals surface area contributed by atoms with Gasteiger partial charge in [-0.05, 0) is 97.3 Å². The number of piperazine rings is 1. The SMILES string of the molecule is COc1cc(N2CCC(CN3CCN(c4cc5c(cc4F)c(N4CCC(=O)NC4=O)nn5C)CC3)CC2)c(-c2cnn(C)c2)cc1Nc1ncc(Br)c(Nc2ccc3nc(C4CC4)c(F)cc3c2P(C)(C)=O)n1. The van der Waals surface area contributed by atoms with E-state index in [9.17, 15) is 14.2 Å². The number of hydrogen-bond donors (Lipinski definition) is 3. The monoisotopic (exact) mass is 1080 g/mol. The van der Waals surface area contributed by atoms with Crippen molar-refractivity contribution in [1.29, 1.82) is 0 Å². The van der Waals surface area contributed by atoms with Gasteiger partial charge >= 0.3 is 6.03 Å². The lowest BCUT2D eigenvalue weighted by atomic mass is 9.94. The molecule has 73 heavy (non-hydrogen) atoms. The van der Waals surface area contributed by atoms with Gasteiger partial charge in [0.15, 0.2) is 5.82 Å². The zero-order chi connectivity index (χ0) is 50.9. The van der Waals surface area contributed by atoms with Gasteiger partial charge in [-0.25, -0.2) is 23.5 Å². The number of nitrogens with one attached hydrogen (secondary N) is 3. The first-order valence-corrected chi connectivity index (χ1v) is 27.9. The number of imide groups is 1. The average Bonchev–Trinajstić information content (AvgIpc) is 4.04. The number of halogens is 3. The Balaban J connectivity index is 0.770. The number of fused-ring (bicyclic) bond motifs is 2. The topological polar surface area (TPSA) is 184 Å². The van der Waals surface area contributed by atoms with Gasteiger partial charge in [-0.1, -0.05) is 0 Å². The van der Waals surface area contributed by atoms with Crippen LogP contribution in [0.2, 0.25) is 0 Å². The highest BCUT2D eigenvalue weighted by atomic mass is 79.9. The van der Waals surface area contributed by atoms with Crippen LogP contribution in [0.1, 0.15) is 43.7 Å². The zero-order valence-electron chi connectivity index (χ0n) is 41.3. The Labute approximate surface area is 429 Å². The number of benzene rings is 3. The van der Waals surface area contributed by atoms with Crippen molar-refractivity contribution in [3.05, 3.63) is 82.9 Å². The van der Waals surface area contributed by atoms with Crippen LogP contribution in [0.15, 0.2) is 65.5 Å². The molecule has 11 rings (SSSR count). The van der Waals surface area contributed by atoms with Gasteiger partial charge in [-0.2, -0.15) is 15.2 Å². The largest absolute Gasteiger partial charge is 0.494 e. The van der Waals surface area contributed by atoms with Crippen molar-refractivity contribution in [3.8, 4) is 16.9 Å². The molecule has 18 nitrogen and oxygen atoms in total. The molecule has 0 spiro atoms. The smallest absolute Gasteiger partial charge is 0.329 e. The van der Waals surface area contributed by atoms with Crippen LogP contribution in [0.5, 0.6) is 5.75 Å². The summed E-state index contributed by atoms with van der Waals surface area (Å²) in [5, 5.41) is 19.7. The number of amides is 3. The predicted octanol–water partition coefficient (Wildman–Crippen LogP) is 8.46. The number of ether oxygens (including phenoxy) is 1. The fourth-order valence-corrected chi connectivity index (χ4v) is 12.3. The van der Waals surface area contributed by atoms with E-state index in [4.69, 9.17) is 9.72 Å². The number of aromatic nitrogens is 7. The van der Waals surface area contributed by atoms with Gasteiger partial charge in [0.1, 0.15) is 30.3 Å². The maximum Gasteiger partial charge on any atom is 0.329 e. The van der Waals surface area contributed by atoms with Crippen molar-refractivity contribution in [2.45, 2.75) is 38.0 Å². The van der Waals surface area contributed by atoms with Crippen LogP contribution in [-0.4, -0.2) is 124 Å². The number of hydrogen-bond acceptors (Lipinski definition) is 14. The van der Waals surface area contributed by atoms with E-state index >= 15 is 8.78 Å². The first-order valence-electron chi connectivity index (χ1n) is 24.5. The highest BCUT2D eigenvalue weighted by molar-refractivity contribution is 9.10. The van der Waals surface area contributed by atoms with E-state index in [1.54, 1.807) is 43.0 Å². The maximum absolute atomic E-state index is 15.9. The van der Waals surface area contributed by atoms with Crippen LogP contribution in [0.25, 0.3) is 32.9 Å². The summed E-state index contributed by atoms with van der Waals surface area (Å²) >= 11 is 3.60. The summed E-state index contributed by atoms with van der Waals surface area (Å²) in [6.07, 6.45) is 9.46. The Morgan fingerprint density at radius 2 is 1.60 bits per heavy atom. The van der Waals surface area contributed by atoms with Gasteiger partial charge in [-0.3, -0.25) is 29.3 Å². The summed E-state index contributed by atoms with van der Waals surface area (Å²) in [5.41, 5.74) is 6.42. The van der Waals surface area contributed by atoms with Crippen LogP contribution in [0.3, 0.4) is 0 Å². The fourth-order valence-electron chi connectivity index (χ4n) is 10.5. The first-order chi connectivity index (χ1) is 35.1. The first kappa shape index (κ1) is 48.6. The average molecular weight is 1080 g/mol. The molecule has 7 heterocycles. The molecule has 4 aromatic heterocycles. The highest BCUT2D eigenvalue weighted by Gasteiger charge is 2.33. The van der Waals surface area contributed by atoms with Crippen molar-refractivity contribution in [2.24, 2.45) is 20.0 Å². The van der Waals surface area contributed by atoms with Crippen LogP contribution in [0.4, 0.5) is 53.9 Å². The molecule has 1 saturated carbocycles.